The Kier molecular flexibility index (Phi) is 4.44. The highest BCUT2D eigenvalue weighted by molar-refractivity contribution is 6.35. The maximum Gasteiger partial charge on any atom is 0.246 e. The second kappa shape index (κ2) is 6.52. The number of pyridine rings is 1. The maximum atomic E-state index is 12.4. The minimum absolute atomic E-state index is 0.0203. The molecule has 7 nitrogen and oxygen atoms in total. The van der Waals surface area contributed by atoms with Crippen LogP contribution < -0.4 is 5.32 Å². The van der Waals surface area contributed by atoms with Crippen LogP contribution in [0, 0.1) is 6.92 Å². The number of nitrogens with zero attached hydrogens (tertiary/aromatic N) is 5. The summed E-state index contributed by atoms with van der Waals surface area (Å²) < 4.78 is 1.49. The average molecular weight is 345 g/mol. The zero-order valence-corrected chi connectivity index (χ0v) is 14.4. The molecule has 0 atom stereocenters. The van der Waals surface area contributed by atoms with Gasteiger partial charge >= 0.3 is 0 Å². The van der Waals surface area contributed by atoms with Crippen molar-refractivity contribution in [3.8, 4) is 0 Å². The number of rotatable bonds is 4. The van der Waals surface area contributed by atoms with Crippen molar-refractivity contribution in [2.45, 2.75) is 33.2 Å². The molecule has 8 heteroatoms. The van der Waals surface area contributed by atoms with Crippen molar-refractivity contribution in [1.82, 2.24) is 25.2 Å². The molecule has 0 spiro atoms. The van der Waals surface area contributed by atoms with Gasteiger partial charge in [-0.25, -0.2) is 4.68 Å². The van der Waals surface area contributed by atoms with E-state index in [0.29, 0.717) is 16.5 Å². The van der Waals surface area contributed by atoms with E-state index in [1.54, 1.807) is 12.3 Å². The first-order valence-corrected chi connectivity index (χ1v) is 7.95. The van der Waals surface area contributed by atoms with Crippen LogP contribution in [0.2, 0.25) is 5.02 Å². The van der Waals surface area contributed by atoms with Gasteiger partial charge in [-0.05, 0) is 41.1 Å². The molecular weight excluding hydrogens is 328 g/mol. The zero-order chi connectivity index (χ0) is 17.3. The van der Waals surface area contributed by atoms with Crippen molar-refractivity contribution >= 4 is 34.1 Å². The molecule has 0 aliphatic carbocycles. The first kappa shape index (κ1) is 16.3. The van der Waals surface area contributed by atoms with Crippen LogP contribution in [0.15, 0.2) is 24.4 Å². The third-order valence-electron chi connectivity index (χ3n) is 3.67. The SMILES string of the molecule is Cc1cc(Cl)c(NC(=O)Cn2nnnc2C(C)C)c2cccnc12. The van der Waals surface area contributed by atoms with Crippen molar-refractivity contribution in [1.29, 1.82) is 0 Å². The van der Waals surface area contributed by atoms with Gasteiger partial charge in [-0.1, -0.05) is 25.4 Å². The number of aromatic nitrogens is 5. The highest BCUT2D eigenvalue weighted by Gasteiger charge is 2.16. The first-order valence-electron chi connectivity index (χ1n) is 7.57. The van der Waals surface area contributed by atoms with E-state index in [4.69, 9.17) is 11.6 Å². The van der Waals surface area contributed by atoms with E-state index in [-0.39, 0.29) is 18.4 Å². The van der Waals surface area contributed by atoms with E-state index >= 15 is 0 Å². The van der Waals surface area contributed by atoms with Crippen molar-refractivity contribution in [3.63, 3.8) is 0 Å². The molecule has 24 heavy (non-hydrogen) atoms. The molecule has 3 aromatic rings. The van der Waals surface area contributed by atoms with Crippen molar-refractivity contribution < 1.29 is 4.79 Å². The molecular formula is C16H17ClN6O. The van der Waals surface area contributed by atoms with Crippen LogP contribution in [-0.2, 0) is 11.3 Å². The Bertz CT molecular complexity index is 905. The van der Waals surface area contributed by atoms with Gasteiger partial charge in [0, 0.05) is 17.5 Å². The van der Waals surface area contributed by atoms with Crippen LogP contribution in [0.5, 0.6) is 0 Å². The van der Waals surface area contributed by atoms with Gasteiger partial charge in [0.2, 0.25) is 5.91 Å². The summed E-state index contributed by atoms with van der Waals surface area (Å²) in [6, 6.07) is 5.49. The lowest BCUT2D eigenvalue weighted by molar-refractivity contribution is -0.117. The second-order valence-electron chi connectivity index (χ2n) is 5.85. The number of fused-ring (bicyclic) bond motifs is 1. The molecule has 0 saturated carbocycles. The van der Waals surface area contributed by atoms with Gasteiger partial charge in [0.25, 0.3) is 0 Å². The number of carbonyl (C=O) groups is 1. The molecule has 1 aromatic carbocycles. The van der Waals surface area contributed by atoms with Gasteiger partial charge in [-0.3, -0.25) is 9.78 Å². The zero-order valence-electron chi connectivity index (χ0n) is 13.6. The fraction of sp³-hybridized carbons (Fsp3) is 0.312. The Morgan fingerprint density at radius 1 is 1.42 bits per heavy atom. The predicted molar refractivity (Wildman–Crippen MR) is 92.0 cm³/mol. The van der Waals surface area contributed by atoms with Crippen LogP contribution in [-0.4, -0.2) is 31.1 Å². The summed E-state index contributed by atoms with van der Waals surface area (Å²) in [4.78, 5) is 16.8. The topological polar surface area (TPSA) is 85.6 Å². The minimum Gasteiger partial charge on any atom is -0.323 e. The standard InChI is InChI=1S/C16H17ClN6O/c1-9(2)16-20-21-22-23(16)8-13(24)19-15-11-5-4-6-18-14(11)10(3)7-12(15)17/h4-7,9H,8H2,1-3H3,(H,19,24). The minimum atomic E-state index is -0.250. The highest BCUT2D eigenvalue weighted by atomic mass is 35.5. The Hall–Kier alpha value is -2.54. The number of tetrazole rings is 1. The van der Waals surface area contributed by atoms with E-state index < -0.39 is 0 Å². The number of carbonyl (C=O) groups excluding carboxylic acids is 1. The molecule has 1 amide bonds. The van der Waals surface area contributed by atoms with Gasteiger partial charge in [-0.2, -0.15) is 0 Å². The fourth-order valence-electron chi connectivity index (χ4n) is 2.56. The molecule has 2 aromatic heterocycles. The number of aryl methyl sites for hydroxylation is 1. The second-order valence-corrected chi connectivity index (χ2v) is 6.25. The lowest BCUT2D eigenvalue weighted by Gasteiger charge is -2.13. The third-order valence-corrected chi connectivity index (χ3v) is 3.96. The number of amides is 1. The van der Waals surface area contributed by atoms with E-state index in [1.807, 2.05) is 32.9 Å². The first-order chi connectivity index (χ1) is 11.5. The van der Waals surface area contributed by atoms with Gasteiger partial charge in [0.05, 0.1) is 16.2 Å². The van der Waals surface area contributed by atoms with E-state index in [9.17, 15) is 4.79 Å². The van der Waals surface area contributed by atoms with Crippen molar-refractivity contribution in [2.75, 3.05) is 5.32 Å². The normalized spacial score (nSPS) is 11.2. The van der Waals surface area contributed by atoms with Crippen LogP contribution >= 0.6 is 11.6 Å². The van der Waals surface area contributed by atoms with Crippen molar-refractivity contribution in [2.24, 2.45) is 0 Å². The molecule has 0 fully saturated rings. The van der Waals surface area contributed by atoms with Crippen LogP contribution in [0.4, 0.5) is 5.69 Å². The molecule has 0 saturated heterocycles. The fourth-order valence-corrected chi connectivity index (χ4v) is 2.87. The summed E-state index contributed by atoms with van der Waals surface area (Å²) in [5.41, 5.74) is 2.31. The molecule has 0 aliphatic rings. The van der Waals surface area contributed by atoms with Crippen LogP contribution in [0.25, 0.3) is 10.9 Å². The van der Waals surface area contributed by atoms with E-state index in [2.05, 4.69) is 25.8 Å². The monoisotopic (exact) mass is 344 g/mol. The number of hydrogen-bond acceptors (Lipinski definition) is 5. The predicted octanol–water partition coefficient (Wildman–Crippen LogP) is 2.95. The number of halogens is 1. The summed E-state index contributed by atoms with van der Waals surface area (Å²) in [6.07, 6.45) is 1.71. The van der Waals surface area contributed by atoms with E-state index in [1.165, 1.54) is 4.68 Å². The number of hydrogen-bond donors (Lipinski definition) is 1. The molecule has 2 heterocycles. The summed E-state index contributed by atoms with van der Waals surface area (Å²) in [7, 11) is 0. The Balaban J connectivity index is 1.90. The van der Waals surface area contributed by atoms with E-state index in [0.717, 1.165) is 16.5 Å². The van der Waals surface area contributed by atoms with Gasteiger partial charge < -0.3 is 5.32 Å². The maximum absolute atomic E-state index is 12.4. The summed E-state index contributed by atoms with van der Waals surface area (Å²) in [6.45, 7) is 5.89. The van der Waals surface area contributed by atoms with Gasteiger partial charge in [-0.15, -0.1) is 5.10 Å². The third kappa shape index (κ3) is 3.07. The summed E-state index contributed by atoms with van der Waals surface area (Å²) in [5, 5.41) is 15.6. The summed E-state index contributed by atoms with van der Waals surface area (Å²) >= 11 is 6.33. The molecule has 1 N–H and O–H groups in total. The lowest BCUT2D eigenvalue weighted by atomic mass is 10.1. The molecule has 0 unspecified atom stereocenters. The van der Waals surface area contributed by atoms with Crippen molar-refractivity contribution in [3.05, 3.63) is 40.8 Å². The Labute approximate surface area is 144 Å². The molecule has 124 valence electrons. The lowest BCUT2D eigenvalue weighted by Crippen LogP contribution is -2.22. The molecule has 0 radical (unpaired) electrons. The summed E-state index contributed by atoms with van der Waals surface area (Å²) in [5.74, 6) is 0.535. The van der Waals surface area contributed by atoms with Gasteiger partial charge in [0.1, 0.15) is 6.54 Å². The quantitative estimate of drug-likeness (QED) is 0.786. The van der Waals surface area contributed by atoms with Gasteiger partial charge in [0.15, 0.2) is 5.82 Å². The average Bonchev–Trinajstić information content (AvgIpc) is 2.99. The number of nitrogens with one attached hydrogen (secondary N) is 1. The Morgan fingerprint density at radius 3 is 2.96 bits per heavy atom. The Morgan fingerprint density at radius 2 is 2.21 bits per heavy atom. The smallest absolute Gasteiger partial charge is 0.246 e. The molecule has 0 bridgehead atoms. The largest absolute Gasteiger partial charge is 0.323 e. The van der Waals surface area contributed by atoms with Crippen LogP contribution in [0.3, 0.4) is 0 Å². The molecule has 0 aliphatic heterocycles. The van der Waals surface area contributed by atoms with Crippen LogP contribution in [0.1, 0.15) is 31.2 Å². The number of anilines is 1. The highest BCUT2D eigenvalue weighted by Crippen LogP contribution is 2.32. The number of benzene rings is 1. The molecule has 3 rings (SSSR count).